The molecule has 0 spiro atoms. The minimum Gasteiger partial charge on any atom is -0.455 e. The number of amides is 1. The van der Waals surface area contributed by atoms with E-state index in [0.29, 0.717) is 55.6 Å². The second-order valence-corrected chi connectivity index (χ2v) is 13.5. The Morgan fingerprint density at radius 3 is 2.44 bits per heavy atom. The van der Waals surface area contributed by atoms with E-state index in [1.165, 1.54) is 38.4 Å². The predicted octanol–water partition coefficient (Wildman–Crippen LogP) is 6.35. The van der Waals surface area contributed by atoms with Crippen LogP contribution in [-0.4, -0.2) is 39.7 Å². The van der Waals surface area contributed by atoms with Crippen molar-refractivity contribution in [3.63, 3.8) is 0 Å². The van der Waals surface area contributed by atoms with Crippen molar-refractivity contribution < 1.29 is 26.4 Å². The van der Waals surface area contributed by atoms with Crippen LogP contribution in [0.15, 0.2) is 63.4 Å². The first-order chi connectivity index (χ1) is 21.5. The first-order valence-corrected chi connectivity index (χ1v) is 16.7. The van der Waals surface area contributed by atoms with Crippen molar-refractivity contribution in [1.29, 1.82) is 0 Å². The molecular weight excluding hydrogens is 617 g/mol. The molecule has 1 aliphatic rings. The lowest BCUT2D eigenvalue weighted by Gasteiger charge is -2.21. The van der Waals surface area contributed by atoms with Crippen LogP contribution in [0.3, 0.4) is 0 Å². The zero-order chi connectivity index (χ0) is 32.0. The highest BCUT2D eigenvalue weighted by atomic mass is 35.5. The fourth-order valence-electron chi connectivity index (χ4n) is 5.55. The number of oxazole rings is 1. The van der Waals surface area contributed by atoms with E-state index in [1.807, 2.05) is 0 Å². The molecule has 6 rings (SSSR count). The van der Waals surface area contributed by atoms with E-state index in [1.54, 1.807) is 30.3 Å². The van der Waals surface area contributed by atoms with Gasteiger partial charge in [-0.1, -0.05) is 37.1 Å². The van der Waals surface area contributed by atoms with Gasteiger partial charge in [0.1, 0.15) is 22.5 Å². The minimum atomic E-state index is -3.71. The van der Waals surface area contributed by atoms with Gasteiger partial charge in [0.05, 0.1) is 28.1 Å². The molecule has 232 valence electrons. The van der Waals surface area contributed by atoms with Crippen molar-refractivity contribution in [3.8, 4) is 33.9 Å². The molecule has 45 heavy (non-hydrogen) atoms. The summed E-state index contributed by atoms with van der Waals surface area (Å²) in [6.07, 6.45) is 8.11. The third-order valence-corrected chi connectivity index (χ3v) is 9.77. The Kier molecular flexibility index (Phi) is 8.05. The van der Waals surface area contributed by atoms with E-state index in [9.17, 15) is 17.6 Å². The number of carbonyl (C=O) groups is 1. The molecule has 0 saturated carbocycles. The van der Waals surface area contributed by atoms with Crippen molar-refractivity contribution in [2.75, 3.05) is 24.7 Å². The number of anilines is 1. The number of halogens is 2. The maximum atomic E-state index is 13.7. The predicted molar refractivity (Wildman–Crippen MR) is 175 cm³/mol. The number of nitrogens with one attached hydrogen (secondary N) is 1. The van der Waals surface area contributed by atoms with Crippen LogP contribution in [0.4, 0.5) is 10.1 Å². The average Bonchev–Trinajstić information content (AvgIpc) is 3.55. The lowest BCUT2D eigenvalue weighted by atomic mass is 9.97. The van der Waals surface area contributed by atoms with Crippen molar-refractivity contribution in [1.82, 2.24) is 10.3 Å². The van der Waals surface area contributed by atoms with Crippen molar-refractivity contribution in [2.45, 2.75) is 26.2 Å². The average molecular weight is 648 g/mol. The Bertz CT molecular complexity index is 2150. The second-order valence-electron chi connectivity index (χ2n) is 11.1. The Balaban J connectivity index is 1.58. The number of rotatable bonds is 7. The van der Waals surface area contributed by atoms with E-state index in [4.69, 9.17) is 25.4 Å². The van der Waals surface area contributed by atoms with E-state index in [0.717, 1.165) is 35.2 Å². The van der Waals surface area contributed by atoms with Gasteiger partial charge < -0.3 is 14.2 Å². The van der Waals surface area contributed by atoms with E-state index < -0.39 is 21.7 Å². The quantitative estimate of drug-likeness (QED) is 0.221. The zero-order valence-corrected chi connectivity index (χ0v) is 26.7. The fraction of sp³-hybridized carbons (Fsp3) is 0.235. The molecule has 0 saturated heterocycles. The Labute approximate surface area is 264 Å². The molecule has 1 atom stereocenters. The van der Waals surface area contributed by atoms with E-state index >= 15 is 0 Å². The summed E-state index contributed by atoms with van der Waals surface area (Å²) in [5, 5.41) is 4.28. The Hall–Kier alpha value is -4.41. The van der Waals surface area contributed by atoms with Gasteiger partial charge in [-0.15, -0.1) is 0 Å². The van der Waals surface area contributed by atoms with Gasteiger partial charge in [-0.05, 0) is 72.9 Å². The maximum absolute atomic E-state index is 13.7. The van der Waals surface area contributed by atoms with E-state index in [-0.39, 0.29) is 16.9 Å². The lowest BCUT2D eigenvalue weighted by molar-refractivity contribution is 0.0964. The van der Waals surface area contributed by atoms with Gasteiger partial charge in [-0.25, -0.2) is 17.8 Å². The zero-order valence-electron chi connectivity index (χ0n) is 25.1. The summed E-state index contributed by atoms with van der Waals surface area (Å²) in [6, 6.07) is 14.2. The van der Waals surface area contributed by atoms with Gasteiger partial charge in [-0.3, -0.25) is 9.10 Å². The molecule has 3 aromatic carbocycles. The number of hydrogen-bond donors (Lipinski definition) is 1. The molecule has 1 amide bonds. The minimum absolute atomic E-state index is 0.227. The summed E-state index contributed by atoms with van der Waals surface area (Å²) in [6.45, 7) is 2.17. The standard InChI is InChI=1S/C34H31ClFN3O5S/c1-5-19-6-14-27-29(15-7-19)44-34(38-27)24-16-21(10-13-26(24)35)23-17-25-30(18-28(23)39(3)45(4,41)42)43-32(31(25)33(40)37-2)20-8-11-22(36)12-9-20/h8-19H,5-7H2,1-4H3,(H,37,40). The summed E-state index contributed by atoms with van der Waals surface area (Å²) in [4.78, 5) is 18.0. The molecule has 2 heterocycles. The maximum Gasteiger partial charge on any atom is 0.255 e. The lowest BCUT2D eigenvalue weighted by Crippen LogP contribution is -2.25. The van der Waals surface area contributed by atoms with Crippen LogP contribution >= 0.6 is 11.6 Å². The number of furan rings is 1. The van der Waals surface area contributed by atoms with Crippen LogP contribution in [-0.2, 0) is 10.0 Å². The highest BCUT2D eigenvalue weighted by molar-refractivity contribution is 7.92. The molecule has 1 N–H and O–H groups in total. The number of aromatic nitrogens is 1. The normalized spacial score (nSPS) is 14.8. The van der Waals surface area contributed by atoms with Gasteiger partial charge in [-0.2, -0.15) is 0 Å². The van der Waals surface area contributed by atoms with Gasteiger partial charge >= 0.3 is 0 Å². The molecule has 1 aliphatic carbocycles. The number of fused-ring (bicyclic) bond motifs is 2. The number of carbonyl (C=O) groups excluding carboxylic acids is 1. The van der Waals surface area contributed by atoms with Gasteiger partial charge in [0.15, 0.2) is 5.42 Å². The van der Waals surface area contributed by atoms with Crippen molar-refractivity contribution in [2.24, 2.45) is 5.92 Å². The number of benzene rings is 3. The van der Waals surface area contributed by atoms with Gasteiger partial charge in [0, 0.05) is 36.7 Å². The van der Waals surface area contributed by atoms with Gasteiger partial charge in [0.2, 0.25) is 15.9 Å². The first-order valence-electron chi connectivity index (χ1n) is 14.5. The molecule has 0 aliphatic heterocycles. The highest BCUT2D eigenvalue weighted by Gasteiger charge is 2.26. The molecule has 5 aromatic rings. The third-order valence-electron chi connectivity index (χ3n) is 8.25. The number of hydrogen-bond acceptors (Lipinski definition) is 6. The molecule has 2 aromatic heterocycles. The summed E-state index contributed by atoms with van der Waals surface area (Å²) < 4.78 is 52.8. The molecule has 0 bridgehead atoms. The van der Waals surface area contributed by atoms with Crippen LogP contribution in [0, 0.1) is 11.7 Å². The second kappa shape index (κ2) is 11.8. The van der Waals surface area contributed by atoms with Gasteiger partial charge in [0.25, 0.3) is 5.91 Å². The summed E-state index contributed by atoms with van der Waals surface area (Å²) in [5.74, 6) is 0.264. The molecule has 8 nitrogen and oxygen atoms in total. The summed E-state index contributed by atoms with van der Waals surface area (Å²) in [5.41, 5.74) is 3.67. The summed E-state index contributed by atoms with van der Waals surface area (Å²) in [7, 11) is -0.766. The molecule has 0 fully saturated rings. The molecule has 1 unspecified atom stereocenters. The Morgan fingerprint density at radius 1 is 1.04 bits per heavy atom. The van der Waals surface area contributed by atoms with Crippen LogP contribution < -0.4 is 20.4 Å². The van der Waals surface area contributed by atoms with Crippen molar-refractivity contribution >= 4 is 56.3 Å². The topological polar surface area (TPSA) is 106 Å². The number of nitrogens with zero attached hydrogens (tertiary/aromatic N) is 2. The molecular formula is C34H31ClFN3O5S. The smallest absolute Gasteiger partial charge is 0.255 e. The molecule has 11 heteroatoms. The highest BCUT2D eigenvalue weighted by Crippen LogP contribution is 2.42. The molecule has 0 radical (unpaired) electrons. The van der Waals surface area contributed by atoms with Crippen LogP contribution in [0.5, 0.6) is 0 Å². The largest absolute Gasteiger partial charge is 0.455 e. The first kappa shape index (κ1) is 30.6. The Morgan fingerprint density at radius 2 is 1.76 bits per heavy atom. The van der Waals surface area contributed by atoms with E-state index in [2.05, 4.69) is 24.4 Å². The van der Waals surface area contributed by atoms with Crippen LogP contribution in [0.25, 0.3) is 57.0 Å². The number of sulfonamides is 1. The van der Waals surface area contributed by atoms with Crippen molar-refractivity contribution in [3.05, 3.63) is 81.8 Å². The van der Waals surface area contributed by atoms with Crippen LogP contribution in [0.1, 0.15) is 36.5 Å². The fourth-order valence-corrected chi connectivity index (χ4v) is 6.25. The van der Waals surface area contributed by atoms with Crippen LogP contribution in [0.2, 0.25) is 5.02 Å². The monoisotopic (exact) mass is 647 g/mol. The summed E-state index contributed by atoms with van der Waals surface area (Å²) >= 11 is 6.68. The third kappa shape index (κ3) is 5.76. The SMILES string of the molecule is CCC1CC=c2nc(-c3cc(-c4cc5c(C(=O)NC)c(-c6ccc(F)cc6)oc5cc4N(C)S(C)(=O)=O)ccc3Cl)oc2=CC1.